The Morgan fingerprint density at radius 3 is 2.63 bits per heavy atom. The molecule has 2 aromatic carbocycles. The SMILES string of the molecule is Cc1cc(C)c2sc(N(CCCN3CCOCC3)C(=O)C3CCCN3S(=O)(=O)c3ccc(Cl)cc3)nc2c1. The van der Waals surface area contributed by atoms with Gasteiger partial charge in [-0.25, -0.2) is 13.4 Å². The standard InChI is InChI=1S/C27H33ClN4O4S2/c1-19-17-20(2)25-23(18-19)29-27(37-25)31(11-4-10-30-13-15-36-16-14-30)26(33)24-5-3-12-32(24)38(34,35)22-8-6-21(28)7-9-22/h6-9,17-18,24H,3-5,10-16H2,1-2H3. The van der Waals surface area contributed by atoms with Gasteiger partial charge in [0, 0.05) is 37.7 Å². The van der Waals surface area contributed by atoms with Crippen LogP contribution in [0.2, 0.25) is 5.02 Å². The highest BCUT2D eigenvalue weighted by atomic mass is 35.5. The van der Waals surface area contributed by atoms with Crippen LogP contribution in [-0.2, 0) is 19.6 Å². The summed E-state index contributed by atoms with van der Waals surface area (Å²) < 4.78 is 35.0. The predicted octanol–water partition coefficient (Wildman–Crippen LogP) is 4.48. The molecule has 1 atom stereocenters. The van der Waals surface area contributed by atoms with E-state index in [0.717, 1.165) is 60.6 Å². The molecule has 0 N–H and O–H groups in total. The van der Waals surface area contributed by atoms with Crippen molar-refractivity contribution in [3.05, 3.63) is 52.5 Å². The van der Waals surface area contributed by atoms with Gasteiger partial charge in [0.05, 0.1) is 28.3 Å². The number of carbonyl (C=O) groups excluding carboxylic acids is 1. The number of morpholine rings is 1. The predicted molar refractivity (Wildman–Crippen MR) is 152 cm³/mol. The number of benzene rings is 2. The number of carbonyl (C=O) groups is 1. The maximum Gasteiger partial charge on any atom is 0.247 e. The van der Waals surface area contributed by atoms with Gasteiger partial charge in [0.1, 0.15) is 6.04 Å². The maximum atomic E-state index is 14.1. The van der Waals surface area contributed by atoms with Crippen molar-refractivity contribution in [1.29, 1.82) is 0 Å². The van der Waals surface area contributed by atoms with E-state index < -0.39 is 16.1 Å². The summed E-state index contributed by atoms with van der Waals surface area (Å²) >= 11 is 7.48. The second kappa shape index (κ2) is 11.6. The number of aromatic nitrogens is 1. The lowest BCUT2D eigenvalue weighted by molar-refractivity contribution is -0.121. The first-order valence-corrected chi connectivity index (χ1v) is 15.6. The first-order chi connectivity index (χ1) is 18.2. The molecule has 2 saturated heterocycles. The molecule has 0 aliphatic carbocycles. The molecule has 3 aromatic rings. The summed E-state index contributed by atoms with van der Waals surface area (Å²) in [4.78, 5) is 23.2. The quantitative estimate of drug-likeness (QED) is 0.393. The van der Waals surface area contributed by atoms with Crippen molar-refractivity contribution in [3.8, 4) is 0 Å². The summed E-state index contributed by atoms with van der Waals surface area (Å²) in [5, 5.41) is 1.09. The van der Waals surface area contributed by atoms with Crippen LogP contribution in [0.4, 0.5) is 5.13 Å². The molecular weight excluding hydrogens is 544 g/mol. The van der Waals surface area contributed by atoms with Crippen molar-refractivity contribution >= 4 is 54.2 Å². The summed E-state index contributed by atoms with van der Waals surface area (Å²) in [5.41, 5.74) is 3.11. The van der Waals surface area contributed by atoms with Crippen LogP contribution in [0.15, 0.2) is 41.3 Å². The summed E-state index contributed by atoms with van der Waals surface area (Å²) in [6, 6.07) is 9.49. The number of nitrogens with zero attached hydrogens (tertiary/aromatic N) is 4. The second-order valence-electron chi connectivity index (χ2n) is 9.95. The number of ether oxygens (including phenoxy) is 1. The van der Waals surface area contributed by atoms with Crippen LogP contribution < -0.4 is 4.90 Å². The van der Waals surface area contributed by atoms with Crippen LogP contribution in [0, 0.1) is 13.8 Å². The minimum Gasteiger partial charge on any atom is -0.379 e. The zero-order valence-electron chi connectivity index (χ0n) is 21.7. The highest BCUT2D eigenvalue weighted by Gasteiger charge is 2.42. The highest BCUT2D eigenvalue weighted by molar-refractivity contribution is 7.89. The second-order valence-corrected chi connectivity index (χ2v) is 13.3. The van der Waals surface area contributed by atoms with Gasteiger partial charge in [-0.15, -0.1) is 0 Å². The highest BCUT2D eigenvalue weighted by Crippen LogP contribution is 2.35. The third kappa shape index (κ3) is 5.76. The van der Waals surface area contributed by atoms with Gasteiger partial charge in [-0.1, -0.05) is 29.0 Å². The van der Waals surface area contributed by atoms with Crippen molar-refractivity contribution in [3.63, 3.8) is 0 Å². The van der Waals surface area contributed by atoms with Gasteiger partial charge in [0.25, 0.3) is 0 Å². The topological polar surface area (TPSA) is 83.0 Å². The molecule has 0 saturated carbocycles. The van der Waals surface area contributed by atoms with Gasteiger partial charge < -0.3 is 4.74 Å². The zero-order valence-corrected chi connectivity index (χ0v) is 24.1. The molecule has 0 spiro atoms. The van der Waals surface area contributed by atoms with Gasteiger partial charge in [0.2, 0.25) is 15.9 Å². The fourth-order valence-corrected chi connectivity index (χ4v) is 8.08. The fraction of sp³-hybridized carbons (Fsp3) is 0.481. The number of amides is 1. The third-order valence-electron chi connectivity index (χ3n) is 7.17. The number of anilines is 1. The Balaban J connectivity index is 1.43. The van der Waals surface area contributed by atoms with Gasteiger partial charge in [0.15, 0.2) is 5.13 Å². The molecule has 2 aliphatic heterocycles. The lowest BCUT2D eigenvalue weighted by atomic mass is 10.1. The number of rotatable bonds is 8. The lowest BCUT2D eigenvalue weighted by Gasteiger charge is -2.30. The Kier molecular flexibility index (Phi) is 8.37. The minimum absolute atomic E-state index is 0.145. The average molecular weight is 577 g/mol. The van der Waals surface area contributed by atoms with Crippen molar-refractivity contribution in [2.75, 3.05) is 50.8 Å². The van der Waals surface area contributed by atoms with Crippen LogP contribution in [-0.4, -0.2) is 80.5 Å². The normalized spacial score (nSPS) is 19.3. The summed E-state index contributed by atoms with van der Waals surface area (Å²) in [5.74, 6) is -0.213. The Bertz CT molecular complexity index is 1400. The molecule has 1 aromatic heterocycles. The molecule has 3 heterocycles. The van der Waals surface area contributed by atoms with E-state index in [0.29, 0.717) is 36.1 Å². The van der Waals surface area contributed by atoms with E-state index in [1.54, 1.807) is 17.0 Å². The molecule has 38 heavy (non-hydrogen) atoms. The molecule has 0 radical (unpaired) electrons. The van der Waals surface area contributed by atoms with E-state index >= 15 is 0 Å². The lowest BCUT2D eigenvalue weighted by Crippen LogP contribution is -2.48. The number of hydrogen-bond acceptors (Lipinski definition) is 7. The smallest absolute Gasteiger partial charge is 0.247 e. The number of aryl methyl sites for hydroxylation is 2. The molecule has 11 heteroatoms. The van der Waals surface area contributed by atoms with E-state index in [1.165, 1.54) is 27.8 Å². The van der Waals surface area contributed by atoms with Crippen LogP contribution in [0.5, 0.6) is 0 Å². The fourth-order valence-electron chi connectivity index (χ4n) is 5.25. The van der Waals surface area contributed by atoms with Gasteiger partial charge in [-0.2, -0.15) is 4.31 Å². The first-order valence-electron chi connectivity index (χ1n) is 13.0. The summed E-state index contributed by atoms with van der Waals surface area (Å²) in [6.07, 6.45) is 1.87. The van der Waals surface area contributed by atoms with E-state index in [2.05, 4.69) is 17.9 Å². The summed E-state index contributed by atoms with van der Waals surface area (Å²) in [6.45, 7) is 8.91. The molecule has 204 valence electrons. The molecular formula is C27H33ClN4O4S2. The van der Waals surface area contributed by atoms with Crippen LogP contribution >= 0.6 is 22.9 Å². The number of thiazole rings is 1. The van der Waals surface area contributed by atoms with Crippen molar-refractivity contribution < 1.29 is 17.9 Å². The number of sulfonamides is 1. The van der Waals surface area contributed by atoms with Gasteiger partial charge >= 0.3 is 0 Å². The average Bonchev–Trinajstić information content (AvgIpc) is 3.55. The number of halogens is 1. The maximum absolute atomic E-state index is 14.1. The number of hydrogen-bond donors (Lipinski definition) is 0. The third-order valence-corrected chi connectivity index (χ3v) is 10.6. The largest absolute Gasteiger partial charge is 0.379 e. The Labute approximate surface area is 233 Å². The number of fused-ring (bicyclic) bond motifs is 1. The first kappa shape index (κ1) is 27.5. The Morgan fingerprint density at radius 1 is 1.16 bits per heavy atom. The minimum atomic E-state index is -3.85. The van der Waals surface area contributed by atoms with E-state index in [9.17, 15) is 13.2 Å². The molecule has 8 nitrogen and oxygen atoms in total. The van der Waals surface area contributed by atoms with Crippen molar-refractivity contribution in [2.45, 2.75) is 44.0 Å². The summed E-state index contributed by atoms with van der Waals surface area (Å²) in [7, 11) is -3.85. The molecule has 1 amide bonds. The van der Waals surface area contributed by atoms with E-state index in [-0.39, 0.29) is 10.8 Å². The van der Waals surface area contributed by atoms with E-state index in [1.807, 2.05) is 13.0 Å². The van der Waals surface area contributed by atoms with Crippen LogP contribution in [0.3, 0.4) is 0 Å². The monoisotopic (exact) mass is 576 g/mol. The Morgan fingerprint density at radius 2 is 1.89 bits per heavy atom. The Hall–Kier alpha value is -2.08. The van der Waals surface area contributed by atoms with Gasteiger partial charge in [-0.05, 0) is 74.6 Å². The molecule has 2 aliphatic rings. The van der Waals surface area contributed by atoms with Crippen molar-refractivity contribution in [2.24, 2.45) is 0 Å². The molecule has 2 fully saturated rings. The molecule has 5 rings (SSSR count). The molecule has 1 unspecified atom stereocenters. The molecule has 0 bridgehead atoms. The zero-order chi connectivity index (χ0) is 26.9. The van der Waals surface area contributed by atoms with Crippen LogP contribution in [0.25, 0.3) is 10.2 Å². The van der Waals surface area contributed by atoms with Crippen molar-refractivity contribution in [1.82, 2.24) is 14.2 Å². The van der Waals surface area contributed by atoms with E-state index in [4.69, 9.17) is 21.3 Å². The van der Waals surface area contributed by atoms with Gasteiger partial charge in [-0.3, -0.25) is 14.6 Å². The van der Waals surface area contributed by atoms with Crippen LogP contribution in [0.1, 0.15) is 30.4 Å².